The van der Waals surface area contributed by atoms with E-state index in [0.29, 0.717) is 11.5 Å². The van der Waals surface area contributed by atoms with Gasteiger partial charge in [0.25, 0.3) is 0 Å². The van der Waals surface area contributed by atoms with Gasteiger partial charge in [-0.05, 0) is 36.1 Å². The molecular formula is C17H24O7. The first-order chi connectivity index (χ1) is 11.2. The van der Waals surface area contributed by atoms with Gasteiger partial charge in [-0.1, -0.05) is 19.9 Å². The Morgan fingerprint density at radius 2 is 1.83 bits per heavy atom. The second-order valence-corrected chi connectivity index (χ2v) is 6.36. The smallest absolute Gasteiger partial charge is 0.338 e. The van der Waals surface area contributed by atoms with Crippen LogP contribution in [0.2, 0.25) is 0 Å². The van der Waals surface area contributed by atoms with Crippen LogP contribution in [0.25, 0.3) is 0 Å². The number of hydrogen-bond donors (Lipinski definition) is 4. The van der Waals surface area contributed by atoms with Crippen LogP contribution in [0.1, 0.15) is 41.3 Å². The Balaban J connectivity index is 1.99. The van der Waals surface area contributed by atoms with E-state index in [-0.39, 0.29) is 6.61 Å². The molecule has 0 aliphatic carbocycles. The minimum Gasteiger partial charge on any atom is -0.459 e. The average Bonchev–Trinajstić information content (AvgIpc) is 2.54. The van der Waals surface area contributed by atoms with E-state index in [1.807, 2.05) is 13.0 Å². The molecule has 0 radical (unpaired) electrons. The van der Waals surface area contributed by atoms with Crippen molar-refractivity contribution < 1.29 is 34.7 Å². The molecule has 24 heavy (non-hydrogen) atoms. The van der Waals surface area contributed by atoms with E-state index in [0.717, 1.165) is 11.1 Å². The molecule has 0 spiro atoms. The number of aliphatic hydroxyl groups is 4. The molecule has 1 unspecified atom stereocenters. The summed E-state index contributed by atoms with van der Waals surface area (Å²) in [5.74, 6) is -0.255. The van der Waals surface area contributed by atoms with Gasteiger partial charge in [0, 0.05) is 0 Å². The number of aliphatic hydroxyl groups excluding tert-OH is 4. The molecule has 5 atom stereocenters. The summed E-state index contributed by atoms with van der Waals surface area (Å²) < 4.78 is 10.1. The summed E-state index contributed by atoms with van der Waals surface area (Å²) in [5.41, 5.74) is 2.48. The summed E-state index contributed by atoms with van der Waals surface area (Å²) in [6.07, 6.45) is -7.44. The van der Waals surface area contributed by atoms with Crippen molar-refractivity contribution in [1.29, 1.82) is 0 Å². The van der Waals surface area contributed by atoms with Crippen LogP contribution in [0, 0.1) is 6.92 Å². The van der Waals surface area contributed by atoms with Crippen LogP contribution < -0.4 is 0 Å². The topological polar surface area (TPSA) is 116 Å². The summed E-state index contributed by atoms with van der Waals surface area (Å²) in [6, 6.07) is 5.26. The average molecular weight is 340 g/mol. The van der Waals surface area contributed by atoms with Crippen LogP contribution >= 0.6 is 0 Å². The maximum Gasteiger partial charge on any atom is 0.338 e. The first-order valence-electron chi connectivity index (χ1n) is 7.87. The lowest BCUT2D eigenvalue weighted by Gasteiger charge is -2.37. The van der Waals surface area contributed by atoms with Crippen LogP contribution in [-0.2, 0) is 9.47 Å². The number of rotatable bonds is 4. The molecule has 1 saturated heterocycles. The predicted octanol–water partition coefficient (Wildman–Crippen LogP) is 0.0751. The lowest BCUT2D eigenvalue weighted by molar-refractivity contribution is -0.286. The first kappa shape index (κ1) is 18.8. The second-order valence-electron chi connectivity index (χ2n) is 6.36. The zero-order valence-corrected chi connectivity index (χ0v) is 13.9. The molecular weight excluding hydrogens is 316 g/mol. The monoisotopic (exact) mass is 340 g/mol. The van der Waals surface area contributed by atoms with E-state index in [1.165, 1.54) is 0 Å². The fraction of sp³-hybridized carbons (Fsp3) is 0.588. The Bertz CT molecular complexity index is 586. The maximum absolute atomic E-state index is 12.1. The molecule has 1 aromatic carbocycles. The number of aryl methyl sites for hydroxylation is 1. The lowest BCUT2D eigenvalue weighted by Crippen LogP contribution is -2.58. The highest BCUT2D eigenvalue weighted by Gasteiger charge is 2.43. The predicted molar refractivity (Wildman–Crippen MR) is 84.5 cm³/mol. The Hall–Kier alpha value is -1.51. The molecule has 134 valence electrons. The molecule has 0 amide bonds. The molecule has 1 aliphatic rings. The van der Waals surface area contributed by atoms with Crippen molar-refractivity contribution in [3.05, 3.63) is 34.9 Å². The van der Waals surface area contributed by atoms with Gasteiger partial charge < -0.3 is 29.9 Å². The minimum absolute atomic E-state index is 0.343. The van der Waals surface area contributed by atoms with Crippen LogP contribution in [0.3, 0.4) is 0 Å². The zero-order valence-electron chi connectivity index (χ0n) is 13.9. The number of esters is 1. The highest BCUT2D eigenvalue weighted by molar-refractivity contribution is 5.89. The van der Waals surface area contributed by atoms with E-state index >= 15 is 0 Å². The number of carbonyl (C=O) groups is 1. The van der Waals surface area contributed by atoms with Gasteiger partial charge in [-0.25, -0.2) is 4.79 Å². The third-order valence-electron chi connectivity index (χ3n) is 4.19. The third kappa shape index (κ3) is 3.93. The van der Waals surface area contributed by atoms with E-state index in [2.05, 4.69) is 13.8 Å². The molecule has 7 heteroatoms. The fourth-order valence-corrected chi connectivity index (χ4v) is 2.76. The van der Waals surface area contributed by atoms with Crippen LogP contribution in [0.15, 0.2) is 18.2 Å². The Morgan fingerprint density at radius 3 is 2.42 bits per heavy atom. The van der Waals surface area contributed by atoms with E-state index in [9.17, 15) is 25.2 Å². The van der Waals surface area contributed by atoms with E-state index in [1.54, 1.807) is 12.1 Å². The lowest BCUT2D eigenvalue weighted by atomic mass is 9.96. The Morgan fingerprint density at radius 1 is 1.17 bits per heavy atom. The van der Waals surface area contributed by atoms with Crippen molar-refractivity contribution in [1.82, 2.24) is 0 Å². The van der Waals surface area contributed by atoms with Gasteiger partial charge in [0.15, 0.2) is 6.29 Å². The van der Waals surface area contributed by atoms with Gasteiger partial charge >= 0.3 is 5.97 Å². The van der Waals surface area contributed by atoms with Gasteiger partial charge in [0.1, 0.15) is 31.0 Å². The SMILES string of the molecule is Cc1cc(C(=O)OC[C@H]2OC(O)[C@H](O)[C@@H](O)[C@H]2O)ccc1C(C)C. The van der Waals surface area contributed by atoms with Gasteiger partial charge in [-0.15, -0.1) is 0 Å². The van der Waals surface area contributed by atoms with E-state index < -0.39 is 36.7 Å². The quantitative estimate of drug-likeness (QED) is 0.573. The van der Waals surface area contributed by atoms with Crippen molar-refractivity contribution >= 4 is 5.97 Å². The normalized spacial score (nSPS) is 30.4. The summed E-state index contributed by atoms with van der Waals surface area (Å²) in [4.78, 5) is 12.1. The molecule has 2 rings (SSSR count). The molecule has 1 fully saturated rings. The maximum atomic E-state index is 12.1. The standard InChI is InChI=1S/C17H24O7/c1-8(2)11-5-4-10(6-9(11)3)16(21)23-7-12-13(18)14(19)15(20)17(22)24-12/h4-6,8,12-15,17-20,22H,7H2,1-3H3/t12-,13+,14+,15-,17?/m1/s1. The van der Waals surface area contributed by atoms with E-state index in [4.69, 9.17) is 9.47 Å². The minimum atomic E-state index is -1.65. The van der Waals surface area contributed by atoms with Gasteiger partial charge in [0.2, 0.25) is 0 Å². The van der Waals surface area contributed by atoms with Crippen LogP contribution in [0.5, 0.6) is 0 Å². The molecule has 1 heterocycles. The third-order valence-corrected chi connectivity index (χ3v) is 4.19. The summed E-state index contributed by atoms with van der Waals surface area (Å²) in [5, 5.41) is 38.3. The molecule has 7 nitrogen and oxygen atoms in total. The van der Waals surface area contributed by atoms with Gasteiger partial charge in [-0.3, -0.25) is 0 Å². The first-order valence-corrected chi connectivity index (χ1v) is 7.87. The highest BCUT2D eigenvalue weighted by atomic mass is 16.6. The summed E-state index contributed by atoms with van der Waals surface area (Å²) in [7, 11) is 0. The number of carbonyl (C=O) groups excluding carboxylic acids is 1. The number of ether oxygens (including phenoxy) is 2. The molecule has 0 aromatic heterocycles. The van der Waals surface area contributed by atoms with Crippen LogP contribution in [0.4, 0.5) is 0 Å². The Kier molecular flexibility index (Phi) is 5.95. The number of benzene rings is 1. The highest BCUT2D eigenvalue weighted by Crippen LogP contribution is 2.22. The second kappa shape index (κ2) is 7.58. The molecule has 1 aromatic rings. The summed E-state index contributed by atoms with van der Waals surface area (Å²) >= 11 is 0. The Labute approximate surface area is 140 Å². The van der Waals surface area contributed by atoms with Crippen molar-refractivity contribution in [3.8, 4) is 0 Å². The largest absolute Gasteiger partial charge is 0.459 e. The van der Waals surface area contributed by atoms with Gasteiger partial charge in [0.05, 0.1) is 5.56 Å². The zero-order chi connectivity index (χ0) is 18.0. The van der Waals surface area contributed by atoms with Gasteiger partial charge in [-0.2, -0.15) is 0 Å². The number of hydrogen-bond acceptors (Lipinski definition) is 7. The van der Waals surface area contributed by atoms with Crippen molar-refractivity contribution in [2.45, 2.75) is 57.4 Å². The molecule has 4 N–H and O–H groups in total. The summed E-state index contributed by atoms with van der Waals surface area (Å²) in [6.45, 7) is 5.68. The molecule has 1 aliphatic heterocycles. The van der Waals surface area contributed by atoms with Crippen molar-refractivity contribution in [3.63, 3.8) is 0 Å². The van der Waals surface area contributed by atoms with Crippen molar-refractivity contribution in [2.24, 2.45) is 0 Å². The fourth-order valence-electron chi connectivity index (χ4n) is 2.76. The van der Waals surface area contributed by atoms with Crippen molar-refractivity contribution in [2.75, 3.05) is 6.61 Å². The van der Waals surface area contributed by atoms with Crippen LogP contribution in [-0.4, -0.2) is 63.7 Å². The molecule has 0 saturated carbocycles. The molecule has 0 bridgehead atoms.